The SMILES string of the molecule is CCNCCS(=O)(=O)N1CCN(C)CC1c1ccccc1. The monoisotopic (exact) mass is 311 g/mol. The topological polar surface area (TPSA) is 52.7 Å². The molecule has 2 rings (SSSR count). The van der Waals surface area contributed by atoms with Crippen molar-refractivity contribution in [3.63, 3.8) is 0 Å². The Balaban J connectivity index is 2.18. The minimum Gasteiger partial charge on any atom is -0.316 e. The van der Waals surface area contributed by atoms with Crippen molar-refractivity contribution in [2.75, 3.05) is 45.5 Å². The highest BCUT2D eigenvalue weighted by atomic mass is 32.2. The maximum Gasteiger partial charge on any atom is 0.216 e. The molecular formula is C15H25N3O2S. The van der Waals surface area contributed by atoms with Crippen molar-refractivity contribution in [2.24, 2.45) is 0 Å². The summed E-state index contributed by atoms with van der Waals surface area (Å²) < 4.78 is 26.9. The Morgan fingerprint density at radius 1 is 1.24 bits per heavy atom. The van der Waals surface area contributed by atoms with E-state index in [1.165, 1.54) is 0 Å². The molecule has 5 nitrogen and oxygen atoms in total. The third kappa shape index (κ3) is 4.26. The largest absolute Gasteiger partial charge is 0.316 e. The van der Waals surface area contributed by atoms with Crippen LogP contribution in [0.25, 0.3) is 0 Å². The molecule has 0 spiro atoms. The summed E-state index contributed by atoms with van der Waals surface area (Å²) in [6.45, 7) is 5.36. The van der Waals surface area contributed by atoms with Crippen LogP contribution in [0.3, 0.4) is 0 Å². The highest BCUT2D eigenvalue weighted by molar-refractivity contribution is 7.89. The molecule has 0 amide bonds. The molecule has 6 heteroatoms. The summed E-state index contributed by atoms with van der Waals surface area (Å²) in [5, 5.41) is 3.09. The molecule has 0 aromatic heterocycles. The van der Waals surface area contributed by atoms with Crippen LogP contribution in [0.4, 0.5) is 0 Å². The molecule has 1 aliphatic heterocycles. The van der Waals surface area contributed by atoms with E-state index in [0.29, 0.717) is 13.1 Å². The highest BCUT2D eigenvalue weighted by Gasteiger charge is 2.34. The molecule has 1 N–H and O–H groups in total. The predicted octanol–water partition coefficient (Wildman–Crippen LogP) is 0.914. The smallest absolute Gasteiger partial charge is 0.216 e. The zero-order valence-electron chi connectivity index (χ0n) is 12.8. The van der Waals surface area contributed by atoms with Crippen molar-refractivity contribution in [1.82, 2.24) is 14.5 Å². The van der Waals surface area contributed by atoms with Gasteiger partial charge in [0.1, 0.15) is 0 Å². The van der Waals surface area contributed by atoms with Gasteiger partial charge >= 0.3 is 0 Å². The lowest BCUT2D eigenvalue weighted by Gasteiger charge is -2.39. The fourth-order valence-corrected chi connectivity index (χ4v) is 4.25. The second-order valence-corrected chi connectivity index (χ2v) is 7.51. The molecule has 1 unspecified atom stereocenters. The zero-order valence-corrected chi connectivity index (χ0v) is 13.6. The first-order chi connectivity index (χ1) is 10.0. The number of piperazine rings is 1. The van der Waals surface area contributed by atoms with Gasteiger partial charge in [-0.05, 0) is 19.2 Å². The summed E-state index contributed by atoms with van der Waals surface area (Å²) >= 11 is 0. The number of rotatable bonds is 6. The second kappa shape index (κ2) is 7.35. The van der Waals surface area contributed by atoms with Crippen LogP contribution in [-0.4, -0.2) is 63.1 Å². The van der Waals surface area contributed by atoms with Gasteiger partial charge in [-0.3, -0.25) is 0 Å². The van der Waals surface area contributed by atoms with Crippen LogP contribution < -0.4 is 5.32 Å². The molecule has 1 heterocycles. The molecule has 1 aliphatic rings. The highest BCUT2D eigenvalue weighted by Crippen LogP contribution is 2.27. The molecule has 0 bridgehead atoms. The summed E-state index contributed by atoms with van der Waals surface area (Å²) in [6, 6.07) is 9.82. The number of benzene rings is 1. The number of nitrogens with zero attached hydrogens (tertiary/aromatic N) is 2. The number of hydrogen-bond acceptors (Lipinski definition) is 4. The molecule has 21 heavy (non-hydrogen) atoms. The van der Waals surface area contributed by atoms with Crippen molar-refractivity contribution in [1.29, 1.82) is 0 Å². The molecule has 0 saturated carbocycles. The van der Waals surface area contributed by atoms with Gasteiger partial charge in [0.25, 0.3) is 0 Å². The van der Waals surface area contributed by atoms with E-state index in [4.69, 9.17) is 0 Å². The van der Waals surface area contributed by atoms with Crippen LogP contribution in [0.15, 0.2) is 30.3 Å². The quantitative estimate of drug-likeness (QED) is 0.794. The average molecular weight is 311 g/mol. The Hall–Kier alpha value is -0.950. The van der Waals surface area contributed by atoms with E-state index in [9.17, 15) is 8.42 Å². The summed E-state index contributed by atoms with van der Waals surface area (Å²) in [7, 11) is -1.19. The summed E-state index contributed by atoms with van der Waals surface area (Å²) in [5.41, 5.74) is 1.07. The molecule has 1 atom stereocenters. The molecule has 1 saturated heterocycles. The summed E-state index contributed by atoms with van der Waals surface area (Å²) in [5.74, 6) is 0.161. The van der Waals surface area contributed by atoms with Crippen LogP contribution in [0.2, 0.25) is 0 Å². The molecule has 1 aromatic rings. The van der Waals surface area contributed by atoms with E-state index in [1.54, 1.807) is 4.31 Å². The van der Waals surface area contributed by atoms with Crippen LogP contribution >= 0.6 is 0 Å². The number of nitrogens with one attached hydrogen (secondary N) is 1. The van der Waals surface area contributed by atoms with Crippen LogP contribution in [0.1, 0.15) is 18.5 Å². The van der Waals surface area contributed by atoms with Gasteiger partial charge in [0.2, 0.25) is 10.0 Å². The Morgan fingerprint density at radius 2 is 1.95 bits per heavy atom. The first kappa shape index (κ1) is 16.4. The van der Waals surface area contributed by atoms with E-state index in [2.05, 4.69) is 10.2 Å². The molecule has 0 radical (unpaired) electrons. The standard InChI is InChI=1S/C15H25N3O2S/c1-3-16-9-12-21(19,20)18-11-10-17(2)13-15(18)14-7-5-4-6-8-14/h4-8,15-16H,3,9-13H2,1-2H3. The number of sulfonamides is 1. The van der Waals surface area contributed by atoms with Crippen molar-refractivity contribution in [3.8, 4) is 0 Å². The van der Waals surface area contributed by atoms with Gasteiger partial charge in [0, 0.05) is 26.2 Å². The van der Waals surface area contributed by atoms with Crippen molar-refractivity contribution < 1.29 is 8.42 Å². The minimum atomic E-state index is -3.23. The van der Waals surface area contributed by atoms with Crippen molar-refractivity contribution in [3.05, 3.63) is 35.9 Å². The first-order valence-electron chi connectivity index (χ1n) is 7.48. The average Bonchev–Trinajstić information content (AvgIpc) is 2.48. The first-order valence-corrected chi connectivity index (χ1v) is 9.09. The van der Waals surface area contributed by atoms with Gasteiger partial charge in [-0.2, -0.15) is 4.31 Å². The maximum absolute atomic E-state index is 12.6. The third-order valence-electron chi connectivity index (χ3n) is 3.86. The van der Waals surface area contributed by atoms with Crippen molar-refractivity contribution in [2.45, 2.75) is 13.0 Å². The van der Waals surface area contributed by atoms with E-state index in [-0.39, 0.29) is 11.8 Å². The normalized spacial score (nSPS) is 21.5. The molecule has 118 valence electrons. The number of likely N-dealkylation sites (N-methyl/N-ethyl adjacent to an activating group) is 1. The minimum absolute atomic E-state index is 0.0865. The fraction of sp³-hybridized carbons (Fsp3) is 0.600. The Morgan fingerprint density at radius 3 is 2.62 bits per heavy atom. The second-order valence-electron chi connectivity index (χ2n) is 5.47. The molecular weight excluding hydrogens is 286 g/mol. The summed E-state index contributed by atoms with van der Waals surface area (Å²) in [6.07, 6.45) is 0. The molecule has 1 aromatic carbocycles. The third-order valence-corrected chi connectivity index (χ3v) is 5.73. The predicted molar refractivity (Wildman–Crippen MR) is 85.7 cm³/mol. The number of hydrogen-bond donors (Lipinski definition) is 1. The Labute approximate surface area is 128 Å². The summed E-state index contributed by atoms with van der Waals surface area (Å²) in [4.78, 5) is 2.19. The van der Waals surface area contributed by atoms with Gasteiger partial charge in [0.15, 0.2) is 0 Å². The van der Waals surface area contributed by atoms with Crippen LogP contribution in [-0.2, 0) is 10.0 Å². The van der Waals surface area contributed by atoms with Gasteiger partial charge in [-0.15, -0.1) is 0 Å². The lowest BCUT2D eigenvalue weighted by atomic mass is 10.1. The van der Waals surface area contributed by atoms with Gasteiger partial charge < -0.3 is 10.2 Å². The van der Waals surface area contributed by atoms with Crippen molar-refractivity contribution >= 4 is 10.0 Å². The Bertz CT molecular complexity index is 533. The van der Waals surface area contributed by atoms with E-state index < -0.39 is 10.0 Å². The van der Waals surface area contributed by atoms with Crippen LogP contribution in [0, 0.1) is 0 Å². The van der Waals surface area contributed by atoms with Gasteiger partial charge in [-0.1, -0.05) is 37.3 Å². The molecule has 1 fully saturated rings. The van der Waals surface area contributed by atoms with E-state index in [0.717, 1.165) is 25.2 Å². The fourth-order valence-electron chi connectivity index (χ4n) is 2.68. The molecule has 0 aliphatic carbocycles. The Kier molecular flexibility index (Phi) is 5.75. The van der Waals surface area contributed by atoms with Gasteiger partial charge in [-0.25, -0.2) is 8.42 Å². The maximum atomic E-state index is 12.6. The zero-order chi connectivity index (χ0) is 15.3. The lowest BCUT2D eigenvalue weighted by Crippen LogP contribution is -2.50. The van der Waals surface area contributed by atoms with E-state index >= 15 is 0 Å². The lowest BCUT2D eigenvalue weighted by molar-refractivity contribution is 0.161. The van der Waals surface area contributed by atoms with Gasteiger partial charge in [0.05, 0.1) is 11.8 Å². The van der Waals surface area contributed by atoms with E-state index in [1.807, 2.05) is 44.3 Å². The van der Waals surface area contributed by atoms with Crippen LogP contribution in [0.5, 0.6) is 0 Å².